The van der Waals surface area contributed by atoms with Crippen LogP contribution in [0.1, 0.15) is 38.5 Å². The van der Waals surface area contributed by atoms with Crippen molar-refractivity contribution in [1.29, 1.82) is 0 Å². The average Bonchev–Trinajstić information content (AvgIpc) is 2.70. The first-order valence-corrected chi connectivity index (χ1v) is 7.34. The van der Waals surface area contributed by atoms with Crippen LogP contribution < -0.4 is 5.32 Å². The minimum Gasteiger partial charge on any atom is -0.341 e. The van der Waals surface area contributed by atoms with Gasteiger partial charge < -0.3 is 10.2 Å². The molecule has 2 fully saturated rings. The normalized spacial score (nSPS) is 31.0. The van der Waals surface area contributed by atoms with Gasteiger partial charge in [0, 0.05) is 25.0 Å². The summed E-state index contributed by atoms with van der Waals surface area (Å²) in [6.45, 7) is 4.00. The van der Waals surface area contributed by atoms with E-state index in [9.17, 15) is 4.79 Å². The Kier molecular flexibility index (Phi) is 4.69. The van der Waals surface area contributed by atoms with Crippen LogP contribution in [-0.2, 0) is 4.79 Å². The number of carbonyl (C=O) groups excluding carboxylic acids is 1. The molecule has 1 N–H and O–H groups in total. The number of rotatable bonds is 1. The Balaban J connectivity index is 2.06. The fourth-order valence-corrected chi connectivity index (χ4v) is 3.37. The summed E-state index contributed by atoms with van der Waals surface area (Å²) in [6, 6.07) is 0. The van der Waals surface area contributed by atoms with Crippen molar-refractivity contribution in [3.63, 3.8) is 0 Å². The van der Waals surface area contributed by atoms with Crippen LogP contribution >= 0.6 is 11.6 Å². The first-order chi connectivity index (χ1) is 8.26. The highest BCUT2D eigenvalue weighted by Gasteiger charge is 2.35. The molecule has 2 aliphatic heterocycles. The maximum atomic E-state index is 11.8. The second kappa shape index (κ2) is 6.05. The maximum absolute atomic E-state index is 11.8. The van der Waals surface area contributed by atoms with Gasteiger partial charge in [0.15, 0.2) is 0 Å². The molecule has 1 spiro atoms. The molecule has 17 heavy (non-hydrogen) atoms. The Hall–Kier alpha value is -0.280. The zero-order valence-corrected chi connectivity index (χ0v) is 11.3. The molecule has 0 aromatic heterocycles. The highest BCUT2D eigenvalue weighted by atomic mass is 35.5. The topological polar surface area (TPSA) is 32.3 Å². The molecule has 1 amide bonds. The molecule has 0 aromatic rings. The van der Waals surface area contributed by atoms with Crippen LogP contribution in [0.4, 0.5) is 0 Å². The Morgan fingerprint density at radius 1 is 1.24 bits per heavy atom. The molecule has 2 heterocycles. The van der Waals surface area contributed by atoms with Gasteiger partial charge in [-0.15, -0.1) is 11.6 Å². The number of alkyl halides is 1. The molecule has 2 saturated heterocycles. The van der Waals surface area contributed by atoms with Crippen molar-refractivity contribution in [1.82, 2.24) is 10.2 Å². The number of hydrogen-bond donors (Lipinski definition) is 1. The lowest BCUT2D eigenvalue weighted by Gasteiger charge is -2.35. The third-order valence-corrected chi connectivity index (χ3v) is 4.42. The Morgan fingerprint density at radius 2 is 2.00 bits per heavy atom. The number of likely N-dealkylation sites (tertiary alicyclic amines) is 1. The summed E-state index contributed by atoms with van der Waals surface area (Å²) < 4.78 is 0. The summed E-state index contributed by atoms with van der Waals surface area (Å²) in [5.74, 6) is 0.237. The van der Waals surface area contributed by atoms with Crippen molar-refractivity contribution in [3.8, 4) is 0 Å². The highest BCUT2D eigenvalue weighted by Crippen LogP contribution is 2.35. The van der Waals surface area contributed by atoms with Crippen LogP contribution in [0.2, 0.25) is 0 Å². The molecule has 98 valence electrons. The number of hydrogen-bond acceptors (Lipinski definition) is 2. The lowest BCUT2D eigenvalue weighted by molar-refractivity contribution is -0.129. The zero-order chi connectivity index (χ0) is 12.1. The van der Waals surface area contributed by atoms with Gasteiger partial charge in [-0.2, -0.15) is 0 Å². The number of amides is 1. The molecule has 0 saturated carbocycles. The Labute approximate surface area is 109 Å². The maximum Gasteiger partial charge on any atom is 0.237 e. The van der Waals surface area contributed by atoms with Crippen LogP contribution in [-0.4, -0.2) is 42.9 Å². The van der Waals surface area contributed by atoms with E-state index >= 15 is 0 Å². The van der Waals surface area contributed by atoms with E-state index in [0.717, 1.165) is 32.6 Å². The summed E-state index contributed by atoms with van der Waals surface area (Å²) in [5.41, 5.74) is 0.314. The number of carbonyl (C=O) groups is 1. The van der Waals surface area contributed by atoms with Crippen LogP contribution in [0.3, 0.4) is 0 Å². The van der Waals surface area contributed by atoms with E-state index in [1.807, 2.05) is 4.90 Å². The molecule has 2 aliphatic rings. The Bertz CT molecular complexity index is 257. The lowest BCUT2D eigenvalue weighted by Crippen LogP contribution is -2.44. The monoisotopic (exact) mass is 258 g/mol. The van der Waals surface area contributed by atoms with Crippen LogP contribution in [0.25, 0.3) is 0 Å². The van der Waals surface area contributed by atoms with Crippen LogP contribution in [0.15, 0.2) is 0 Å². The van der Waals surface area contributed by atoms with E-state index in [1.165, 1.54) is 32.1 Å². The largest absolute Gasteiger partial charge is 0.341 e. The second-order valence-electron chi connectivity index (χ2n) is 5.54. The van der Waals surface area contributed by atoms with Gasteiger partial charge in [-0.1, -0.05) is 12.8 Å². The van der Waals surface area contributed by atoms with Gasteiger partial charge in [-0.05, 0) is 32.2 Å². The quantitative estimate of drug-likeness (QED) is 0.730. The summed E-state index contributed by atoms with van der Waals surface area (Å²) in [5, 5.41) is 3.54. The van der Waals surface area contributed by atoms with E-state index in [4.69, 9.17) is 11.6 Å². The second-order valence-corrected chi connectivity index (χ2v) is 5.81. The van der Waals surface area contributed by atoms with Crippen molar-refractivity contribution in [2.75, 3.05) is 32.1 Å². The van der Waals surface area contributed by atoms with Crippen molar-refractivity contribution < 1.29 is 4.79 Å². The van der Waals surface area contributed by atoms with Gasteiger partial charge in [-0.3, -0.25) is 4.79 Å². The number of nitrogens with zero attached hydrogens (tertiary/aromatic N) is 1. The third kappa shape index (κ3) is 3.35. The molecule has 0 aliphatic carbocycles. The fourth-order valence-electron chi connectivity index (χ4n) is 3.20. The van der Waals surface area contributed by atoms with Gasteiger partial charge in [0.25, 0.3) is 0 Å². The predicted octanol–water partition coefficient (Wildman–Crippen LogP) is 2.00. The molecular weight excluding hydrogens is 236 g/mol. The van der Waals surface area contributed by atoms with E-state index < -0.39 is 0 Å². The molecule has 1 unspecified atom stereocenters. The molecular formula is C13H23ClN2O. The van der Waals surface area contributed by atoms with E-state index in [-0.39, 0.29) is 11.8 Å². The summed E-state index contributed by atoms with van der Waals surface area (Å²) >= 11 is 5.69. The van der Waals surface area contributed by atoms with Gasteiger partial charge in [0.1, 0.15) is 5.88 Å². The molecule has 3 nitrogen and oxygen atoms in total. The predicted molar refractivity (Wildman–Crippen MR) is 70.3 cm³/mol. The summed E-state index contributed by atoms with van der Waals surface area (Å²) in [7, 11) is 0. The van der Waals surface area contributed by atoms with Gasteiger partial charge in [-0.25, -0.2) is 0 Å². The molecule has 0 radical (unpaired) electrons. The minimum absolute atomic E-state index is 0.109. The van der Waals surface area contributed by atoms with Gasteiger partial charge in [0.2, 0.25) is 5.91 Å². The summed E-state index contributed by atoms with van der Waals surface area (Å²) in [4.78, 5) is 13.8. The number of halogens is 1. The average molecular weight is 259 g/mol. The Morgan fingerprint density at radius 3 is 2.76 bits per heavy atom. The van der Waals surface area contributed by atoms with Crippen LogP contribution in [0, 0.1) is 5.41 Å². The molecule has 0 bridgehead atoms. The SMILES string of the molecule is O=C(CCl)N1CCCCC2(CCCCNC2)C1. The van der Waals surface area contributed by atoms with E-state index in [2.05, 4.69) is 5.32 Å². The zero-order valence-electron chi connectivity index (χ0n) is 10.5. The highest BCUT2D eigenvalue weighted by molar-refractivity contribution is 6.27. The van der Waals surface area contributed by atoms with Gasteiger partial charge in [0.05, 0.1) is 0 Å². The first kappa shape index (κ1) is 13.2. The first-order valence-electron chi connectivity index (χ1n) is 6.80. The van der Waals surface area contributed by atoms with E-state index in [1.54, 1.807) is 0 Å². The third-order valence-electron chi connectivity index (χ3n) is 4.19. The molecule has 4 heteroatoms. The summed E-state index contributed by atoms with van der Waals surface area (Å²) in [6.07, 6.45) is 7.44. The van der Waals surface area contributed by atoms with E-state index in [0.29, 0.717) is 5.41 Å². The molecule has 1 atom stereocenters. The molecule has 2 rings (SSSR count). The smallest absolute Gasteiger partial charge is 0.237 e. The van der Waals surface area contributed by atoms with Crippen molar-refractivity contribution in [3.05, 3.63) is 0 Å². The van der Waals surface area contributed by atoms with Crippen LogP contribution in [0.5, 0.6) is 0 Å². The van der Waals surface area contributed by atoms with Crippen molar-refractivity contribution >= 4 is 17.5 Å². The standard InChI is InChI=1S/C13H23ClN2O/c14-9-12(17)16-8-4-2-6-13(11-16)5-1-3-7-15-10-13/h15H,1-11H2. The number of nitrogens with one attached hydrogen (secondary N) is 1. The lowest BCUT2D eigenvalue weighted by atomic mass is 9.79. The molecule has 0 aromatic carbocycles. The van der Waals surface area contributed by atoms with Crippen molar-refractivity contribution in [2.45, 2.75) is 38.5 Å². The minimum atomic E-state index is 0.109. The van der Waals surface area contributed by atoms with Crippen molar-refractivity contribution in [2.24, 2.45) is 5.41 Å². The fraction of sp³-hybridized carbons (Fsp3) is 0.923. The van der Waals surface area contributed by atoms with Gasteiger partial charge >= 0.3 is 0 Å².